The van der Waals surface area contributed by atoms with E-state index in [9.17, 15) is 14.4 Å². The summed E-state index contributed by atoms with van der Waals surface area (Å²) < 4.78 is 10.1. The molecule has 1 atom stereocenters. The van der Waals surface area contributed by atoms with E-state index >= 15 is 0 Å². The second-order valence-electron chi connectivity index (χ2n) is 4.67. The Labute approximate surface area is 116 Å². The first-order valence-corrected chi connectivity index (χ1v) is 6.47. The van der Waals surface area contributed by atoms with Crippen molar-refractivity contribution in [3.05, 3.63) is 29.3 Å². The van der Waals surface area contributed by atoms with Crippen LogP contribution in [0.1, 0.15) is 35.2 Å². The van der Waals surface area contributed by atoms with Crippen LogP contribution in [-0.4, -0.2) is 31.3 Å². The maximum atomic E-state index is 12.0. The van der Waals surface area contributed by atoms with E-state index in [1.165, 1.54) is 7.11 Å². The standard InChI is InChI=1S/C15H16O5/c1-19-15(18)5-3-13(17)10-2-4-14-11(8-10)9-12(20-14)6-7-16/h2,4,7-8,12H,3,5-6,9H2,1H3. The van der Waals surface area contributed by atoms with Crippen molar-refractivity contribution in [1.82, 2.24) is 0 Å². The fourth-order valence-corrected chi connectivity index (χ4v) is 2.19. The number of hydrogen-bond acceptors (Lipinski definition) is 5. The first kappa shape index (κ1) is 14.2. The highest BCUT2D eigenvalue weighted by atomic mass is 16.5. The highest BCUT2D eigenvalue weighted by Gasteiger charge is 2.23. The van der Waals surface area contributed by atoms with E-state index in [0.29, 0.717) is 18.4 Å². The van der Waals surface area contributed by atoms with Gasteiger partial charge < -0.3 is 14.3 Å². The average Bonchev–Trinajstić information content (AvgIpc) is 2.85. The molecule has 0 saturated heterocycles. The fourth-order valence-electron chi connectivity index (χ4n) is 2.19. The van der Waals surface area contributed by atoms with Gasteiger partial charge in [-0.2, -0.15) is 0 Å². The quantitative estimate of drug-likeness (QED) is 0.449. The summed E-state index contributed by atoms with van der Waals surface area (Å²) in [6.45, 7) is 0. The molecular formula is C15H16O5. The van der Waals surface area contributed by atoms with E-state index in [1.807, 2.05) is 0 Å². The molecule has 0 fully saturated rings. The predicted molar refractivity (Wildman–Crippen MR) is 70.8 cm³/mol. The van der Waals surface area contributed by atoms with Crippen LogP contribution in [0.15, 0.2) is 18.2 Å². The highest BCUT2D eigenvalue weighted by Crippen LogP contribution is 2.30. The van der Waals surface area contributed by atoms with Crippen LogP contribution in [0, 0.1) is 0 Å². The van der Waals surface area contributed by atoms with Gasteiger partial charge in [-0.1, -0.05) is 0 Å². The molecule has 0 aromatic heterocycles. The SMILES string of the molecule is COC(=O)CCC(=O)c1ccc2c(c1)CC(CC=O)O2. The van der Waals surface area contributed by atoms with Crippen LogP contribution in [0.25, 0.3) is 0 Å². The molecule has 20 heavy (non-hydrogen) atoms. The molecule has 0 N–H and O–H groups in total. The number of ketones is 1. The van der Waals surface area contributed by atoms with Crippen LogP contribution in [0.5, 0.6) is 5.75 Å². The minimum absolute atomic E-state index is 0.0800. The van der Waals surface area contributed by atoms with E-state index < -0.39 is 5.97 Å². The van der Waals surface area contributed by atoms with Gasteiger partial charge in [-0.15, -0.1) is 0 Å². The van der Waals surface area contributed by atoms with Crippen LogP contribution in [0.2, 0.25) is 0 Å². The topological polar surface area (TPSA) is 69.7 Å². The molecular weight excluding hydrogens is 260 g/mol. The third-order valence-corrected chi connectivity index (χ3v) is 3.27. The second kappa shape index (κ2) is 6.32. The molecule has 5 nitrogen and oxygen atoms in total. The maximum Gasteiger partial charge on any atom is 0.305 e. The Kier molecular flexibility index (Phi) is 4.50. The zero-order valence-corrected chi connectivity index (χ0v) is 11.3. The summed E-state index contributed by atoms with van der Waals surface area (Å²) in [5.41, 5.74) is 1.49. The fraction of sp³-hybridized carbons (Fsp3) is 0.400. The van der Waals surface area contributed by atoms with Crippen molar-refractivity contribution in [2.45, 2.75) is 31.8 Å². The molecule has 1 aliphatic heterocycles. The van der Waals surface area contributed by atoms with E-state index in [1.54, 1.807) is 18.2 Å². The van der Waals surface area contributed by atoms with Gasteiger partial charge in [0.1, 0.15) is 18.1 Å². The molecule has 0 saturated carbocycles. The summed E-state index contributed by atoms with van der Waals surface area (Å²) in [5.74, 6) is 0.229. The number of esters is 1. The van der Waals surface area contributed by atoms with E-state index in [4.69, 9.17) is 4.74 Å². The van der Waals surface area contributed by atoms with Gasteiger partial charge in [0.2, 0.25) is 0 Å². The highest BCUT2D eigenvalue weighted by molar-refractivity contribution is 5.97. The monoisotopic (exact) mass is 276 g/mol. The molecule has 1 aliphatic rings. The van der Waals surface area contributed by atoms with Crippen LogP contribution in [-0.2, 0) is 20.7 Å². The Bertz CT molecular complexity index is 535. The van der Waals surface area contributed by atoms with Gasteiger partial charge >= 0.3 is 5.97 Å². The van der Waals surface area contributed by atoms with Gasteiger partial charge in [-0.3, -0.25) is 9.59 Å². The number of hydrogen-bond donors (Lipinski definition) is 0. The number of carbonyl (C=O) groups is 3. The molecule has 0 bridgehead atoms. The third kappa shape index (κ3) is 3.23. The second-order valence-corrected chi connectivity index (χ2v) is 4.67. The summed E-state index contributed by atoms with van der Waals surface area (Å²) in [6, 6.07) is 5.20. The number of ether oxygens (including phenoxy) is 2. The van der Waals surface area contributed by atoms with E-state index in [2.05, 4.69) is 4.74 Å². The van der Waals surface area contributed by atoms with Gasteiger partial charge in [0.05, 0.1) is 13.5 Å². The number of methoxy groups -OCH3 is 1. The molecule has 106 valence electrons. The largest absolute Gasteiger partial charge is 0.489 e. The van der Waals surface area contributed by atoms with Crippen molar-refractivity contribution in [2.75, 3.05) is 7.11 Å². The Balaban J connectivity index is 2.02. The summed E-state index contributed by atoms with van der Waals surface area (Å²) in [5, 5.41) is 0. The number of fused-ring (bicyclic) bond motifs is 1. The smallest absolute Gasteiger partial charge is 0.305 e. The van der Waals surface area contributed by atoms with Gasteiger partial charge in [-0.25, -0.2) is 0 Å². The lowest BCUT2D eigenvalue weighted by Crippen LogP contribution is -2.12. The van der Waals surface area contributed by atoms with Gasteiger partial charge in [0.15, 0.2) is 5.78 Å². The normalized spacial score (nSPS) is 16.1. The molecule has 5 heteroatoms. The number of rotatable bonds is 6. The lowest BCUT2D eigenvalue weighted by molar-refractivity contribution is -0.140. The first-order chi connectivity index (χ1) is 9.63. The Hall–Kier alpha value is -2.17. The Morgan fingerprint density at radius 2 is 2.20 bits per heavy atom. The predicted octanol–water partition coefficient (Wildman–Crippen LogP) is 1.71. The van der Waals surface area contributed by atoms with Crippen molar-refractivity contribution in [2.24, 2.45) is 0 Å². The molecule has 1 unspecified atom stereocenters. The number of aldehydes is 1. The molecule has 1 aromatic carbocycles. The van der Waals surface area contributed by atoms with Gasteiger partial charge in [-0.05, 0) is 23.8 Å². The summed E-state index contributed by atoms with van der Waals surface area (Å²) in [6.07, 6.45) is 1.88. The maximum absolute atomic E-state index is 12.0. The number of Topliss-reactive ketones (excluding diaryl/α,β-unsaturated/α-hetero) is 1. The Morgan fingerprint density at radius 3 is 2.90 bits per heavy atom. The average molecular weight is 276 g/mol. The van der Waals surface area contributed by atoms with Crippen LogP contribution >= 0.6 is 0 Å². The number of carbonyl (C=O) groups excluding carboxylic acids is 3. The van der Waals surface area contributed by atoms with Crippen molar-refractivity contribution < 1.29 is 23.9 Å². The summed E-state index contributed by atoms with van der Waals surface area (Å²) >= 11 is 0. The lowest BCUT2D eigenvalue weighted by atomic mass is 10.0. The van der Waals surface area contributed by atoms with Crippen molar-refractivity contribution in [3.8, 4) is 5.75 Å². The zero-order chi connectivity index (χ0) is 14.5. The van der Waals surface area contributed by atoms with E-state index in [0.717, 1.165) is 17.6 Å². The summed E-state index contributed by atoms with van der Waals surface area (Å²) in [4.78, 5) is 33.5. The lowest BCUT2D eigenvalue weighted by Gasteiger charge is -2.05. The van der Waals surface area contributed by atoms with Crippen molar-refractivity contribution in [3.63, 3.8) is 0 Å². The molecule has 0 amide bonds. The molecule has 1 aromatic rings. The van der Waals surface area contributed by atoms with Crippen molar-refractivity contribution >= 4 is 18.0 Å². The van der Waals surface area contributed by atoms with Crippen LogP contribution in [0.3, 0.4) is 0 Å². The van der Waals surface area contributed by atoms with E-state index in [-0.39, 0.29) is 24.7 Å². The first-order valence-electron chi connectivity index (χ1n) is 6.47. The molecule has 0 aliphatic carbocycles. The molecule has 2 rings (SSSR count). The minimum atomic E-state index is -0.395. The van der Waals surface area contributed by atoms with Crippen molar-refractivity contribution in [1.29, 1.82) is 0 Å². The van der Waals surface area contributed by atoms with Gasteiger partial charge in [0.25, 0.3) is 0 Å². The zero-order valence-electron chi connectivity index (χ0n) is 11.3. The minimum Gasteiger partial charge on any atom is -0.489 e. The molecule has 0 spiro atoms. The van der Waals surface area contributed by atoms with Crippen LogP contribution < -0.4 is 4.74 Å². The Morgan fingerprint density at radius 1 is 1.40 bits per heavy atom. The molecule has 1 heterocycles. The molecule has 0 radical (unpaired) electrons. The number of benzene rings is 1. The third-order valence-electron chi connectivity index (χ3n) is 3.27. The van der Waals surface area contributed by atoms with Gasteiger partial charge in [0, 0.05) is 24.8 Å². The van der Waals surface area contributed by atoms with Crippen LogP contribution in [0.4, 0.5) is 0 Å². The summed E-state index contributed by atoms with van der Waals surface area (Å²) in [7, 11) is 1.30.